The molecule has 0 bridgehead atoms. The van der Waals surface area contributed by atoms with Gasteiger partial charge in [-0.3, -0.25) is 4.79 Å². The highest BCUT2D eigenvalue weighted by Crippen LogP contribution is 2.27. The van der Waals surface area contributed by atoms with Crippen LogP contribution in [0.5, 0.6) is 0 Å². The number of hydrogen-bond acceptors (Lipinski definition) is 7. The standard InChI is InChI=1S/C22H29N7O3S/c1-13(2)14(3)24-18-11-17(20(30)28-7-5-15(6-8-28)27(4)22(31)32)25-19(26-18)16-12-23-29-9-10-33-21(16)29/h9-15H,5-8H2,1-4H3,(H,31,32)(H,24,25,26)/t14-/m0/s1. The molecule has 33 heavy (non-hydrogen) atoms. The molecule has 4 rings (SSSR count). The summed E-state index contributed by atoms with van der Waals surface area (Å²) in [5.41, 5.74) is 1.10. The first-order chi connectivity index (χ1) is 15.7. The Bertz CT molecular complexity index is 1150. The van der Waals surface area contributed by atoms with Gasteiger partial charge in [0.25, 0.3) is 5.91 Å². The lowest BCUT2D eigenvalue weighted by molar-refractivity contribution is 0.0638. The van der Waals surface area contributed by atoms with Crippen molar-refractivity contribution in [1.82, 2.24) is 29.4 Å². The molecule has 2 N–H and O–H groups in total. The van der Waals surface area contributed by atoms with Crippen molar-refractivity contribution in [2.24, 2.45) is 5.92 Å². The fourth-order valence-corrected chi connectivity index (χ4v) is 4.60. The van der Waals surface area contributed by atoms with Gasteiger partial charge in [-0.2, -0.15) is 5.10 Å². The van der Waals surface area contributed by atoms with E-state index in [-0.39, 0.29) is 18.0 Å². The van der Waals surface area contributed by atoms with E-state index in [9.17, 15) is 14.7 Å². The number of aromatic nitrogens is 4. The Morgan fingerprint density at radius 3 is 2.64 bits per heavy atom. The number of rotatable bonds is 6. The Morgan fingerprint density at radius 1 is 1.24 bits per heavy atom. The van der Waals surface area contributed by atoms with Crippen LogP contribution in [0, 0.1) is 5.92 Å². The van der Waals surface area contributed by atoms with E-state index in [1.54, 1.807) is 28.7 Å². The van der Waals surface area contributed by atoms with Crippen molar-refractivity contribution < 1.29 is 14.7 Å². The number of carbonyl (C=O) groups is 2. The molecule has 0 unspecified atom stereocenters. The van der Waals surface area contributed by atoms with E-state index in [2.05, 4.69) is 36.2 Å². The van der Waals surface area contributed by atoms with Gasteiger partial charge in [0.2, 0.25) is 0 Å². The smallest absolute Gasteiger partial charge is 0.407 e. The van der Waals surface area contributed by atoms with Crippen molar-refractivity contribution >= 4 is 34.0 Å². The minimum absolute atomic E-state index is 0.0869. The van der Waals surface area contributed by atoms with E-state index >= 15 is 0 Å². The van der Waals surface area contributed by atoms with Crippen LogP contribution in [0.15, 0.2) is 23.8 Å². The molecule has 1 fully saturated rings. The number of carbonyl (C=O) groups excluding carboxylic acids is 1. The lowest BCUT2D eigenvalue weighted by atomic mass is 10.0. The lowest BCUT2D eigenvalue weighted by Gasteiger charge is -2.35. The molecule has 4 heterocycles. The highest BCUT2D eigenvalue weighted by molar-refractivity contribution is 7.16. The number of amides is 2. The number of anilines is 1. The zero-order valence-corrected chi connectivity index (χ0v) is 20.0. The number of likely N-dealkylation sites (tertiary alicyclic amines) is 1. The van der Waals surface area contributed by atoms with Gasteiger partial charge in [0.05, 0.1) is 11.8 Å². The molecule has 3 aromatic heterocycles. The highest BCUT2D eigenvalue weighted by atomic mass is 32.1. The Morgan fingerprint density at radius 2 is 1.97 bits per heavy atom. The van der Waals surface area contributed by atoms with Crippen LogP contribution >= 0.6 is 11.3 Å². The van der Waals surface area contributed by atoms with Gasteiger partial charge in [-0.1, -0.05) is 13.8 Å². The number of nitrogens with one attached hydrogen (secondary N) is 1. The Hall–Kier alpha value is -3.21. The zero-order valence-electron chi connectivity index (χ0n) is 19.2. The Balaban J connectivity index is 1.62. The molecular formula is C22H29N7O3S. The summed E-state index contributed by atoms with van der Waals surface area (Å²) in [7, 11) is 1.58. The molecule has 11 heteroatoms. The van der Waals surface area contributed by atoms with Crippen LogP contribution in [0.2, 0.25) is 0 Å². The largest absolute Gasteiger partial charge is 0.465 e. The summed E-state index contributed by atoms with van der Waals surface area (Å²) in [4.78, 5) is 37.9. The van der Waals surface area contributed by atoms with E-state index in [4.69, 9.17) is 4.98 Å². The SMILES string of the molecule is CC(C)[C@H](C)Nc1cc(C(=O)N2CCC(N(C)C(=O)O)CC2)nc(-c2cnn3ccsc23)n1. The summed E-state index contributed by atoms with van der Waals surface area (Å²) in [6, 6.07) is 1.78. The van der Waals surface area contributed by atoms with E-state index in [0.29, 0.717) is 49.2 Å². The predicted octanol–water partition coefficient (Wildman–Crippen LogP) is 3.52. The number of piperidine rings is 1. The monoisotopic (exact) mass is 471 g/mol. The van der Waals surface area contributed by atoms with Crippen molar-refractivity contribution in [2.45, 2.75) is 45.7 Å². The molecular weight excluding hydrogens is 442 g/mol. The van der Waals surface area contributed by atoms with Gasteiger partial charge < -0.3 is 20.2 Å². The summed E-state index contributed by atoms with van der Waals surface area (Å²) < 4.78 is 1.77. The van der Waals surface area contributed by atoms with Gasteiger partial charge in [0.1, 0.15) is 16.3 Å². The minimum Gasteiger partial charge on any atom is -0.465 e. The van der Waals surface area contributed by atoms with Gasteiger partial charge in [-0.25, -0.2) is 19.3 Å². The Labute approximate surface area is 196 Å². The summed E-state index contributed by atoms with van der Waals surface area (Å²) >= 11 is 1.54. The normalized spacial score (nSPS) is 15.7. The maximum Gasteiger partial charge on any atom is 0.407 e. The number of fused-ring (bicyclic) bond motifs is 1. The first-order valence-corrected chi connectivity index (χ1v) is 11.9. The van der Waals surface area contributed by atoms with Crippen LogP contribution in [-0.4, -0.2) is 78.7 Å². The van der Waals surface area contributed by atoms with Gasteiger partial charge >= 0.3 is 6.09 Å². The van der Waals surface area contributed by atoms with Gasteiger partial charge in [-0.05, 0) is 25.7 Å². The highest BCUT2D eigenvalue weighted by Gasteiger charge is 2.29. The van der Waals surface area contributed by atoms with Crippen molar-refractivity contribution in [3.05, 3.63) is 29.5 Å². The average Bonchev–Trinajstić information content (AvgIpc) is 3.42. The quantitative estimate of drug-likeness (QED) is 0.565. The maximum atomic E-state index is 13.4. The number of nitrogens with zero attached hydrogens (tertiary/aromatic N) is 6. The fourth-order valence-electron chi connectivity index (χ4n) is 3.81. The van der Waals surface area contributed by atoms with Crippen molar-refractivity contribution in [1.29, 1.82) is 0 Å². The predicted molar refractivity (Wildman–Crippen MR) is 127 cm³/mol. The third-order valence-electron chi connectivity index (χ3n) is 6.29. The lowest BCUT2D eigenvalue weighted by Crippen LogP contribution is -2.47. The minimum atomic E-state index is -0.948. The van der Waals surface area contributed by atoms with Crippen LogP contribution in [0.4, 0.5) is 10.6 Å². The molecule has 1 saturated heterocycles. The summed E-state index contributed by atoms with van der Waals surface area (Å²) in [5.74, 6) is 1.26. The fraction of sp³-hybridized carbons (Fsp3) is 0.500. The molecule has 0 saturated carbocycles. The van der Waals surface area contributed by atoms with Gasteiger partial charge in [0.15, 0.2) is 5.82 Å². The van der Waals surface area contributed by atoms with Crippen molar-refractivity contribution in [3.63, 3.8) is 0 Å². The number of carboxylic acid groups (broad SMARTS) is 1. The molecule has 0 aliphatic carbocycles. The molecule has 1 aliphatic rings. The molecule has 0 spiro atoms. The number of hydrogen-bond donors (Lipinski definition) is 2. The summed E-state index contributed by atoms with van der Waals surface area (Å²) in [6.45, 7) is 7.28. The molecule has 176 valence electrons. The van der Waals surface area contributed by atoms with Gasteiger partial charge in [0, 0.05) is 49.9 Å². The maximum absolute atomic E-state index is 13.4. The first-order valence-electron chi connectivity index (χ1n) is 11.1. The zero-order chi connectivity index (χ0) is 23.7. The summed E-state index contributed by atoms with van der Waals surface area (Å²) in [5, 5.41) is 18.9. The molecule has 1 aliphatic heterocycles. The van der Waals surface area contributed by atoms with E-state index < -0.39 is 6.09 Å². The van der Waals surface area contributed by atoms with Crippen molar-refractivity contribution in [2.75, 3.05) is 25.5 Å². The second-order valence-corrected chi connectivity index (χ2v) is 9.66. The van der Waals surface area contributed by atoms with E-state index in [0.717, 1.165) is 10.4 Å². The molecule has 1 atom stereocenters. The second-order valence-electron chi connectivity index (χ2n) is 8.77. The molecule has 10 nitrogen and oxygen atoms in total. The average molecular weight is 472 g/mol. The molecule has 3 aromatic rings. The Kier molecular flexibility index (Phi) is 6.50. The van der Waals surface area contributed by atoms with Crippen LogP contribution in [0.25, 0.3) is 16.2 Å². The third kappa shape index (κ3) is 4.77. The van der Waals surface area contributed by atoms with Crippen molar-refractivity contribution in [3.8, 4) is 11.4 Å². The van der Waals surface area contributed by atoms with E-state index in [1.165, 1.54) is 16.2 Å². The summed E-state index contributed by atoms with van der Waals surface area (Å²) in [6.07, 6.45) is 3.84. The number of thiazole rings is 1. The van der Waals surface area contributed by atoms with Gasteiger partial charge in [-0.15, -0.1) is 11.3 Å². The van der Waals surface area contributed by atoms with Crippen LogP contribution in [0.3, 0.4) is 0 Å². The van der Waals surface area contributed by atoms with Crippen LogP contribution < -0.4 is 5.32 Å². The van der Waals surface area contributed by atoms with Crippen LogP contribution in [0.1, 0.15) is 44.1 Å². The first kappa shape index (κ1) is 23.0. The topological polar surface area (TPSA) is 116 Å². The van der Waals surface area contributed by atoms with Crippen LogP contribution in [-0.2, 0) is 0 Å². The third-order valence-corrected chi connectivity index (χ3v) is 7.18. The molecule has 2 amide bonds. The second kappa shape index (κ2) is 9.34. The molecule has 0 radical (unpaired) electrons. The van der Waals surface area contributed by atoms with E-state index in [1.807, 2.05) is 11.6 Å². The molecule has 0 aromatic carbocycles.